The summed E-state index contributed by atoms with van der Waals surface area (Å²) in [6.07, 6.45) is 8.42. The van der Waals surface area contributed by atoms with E-state index >= 15 is 0 Å². The van der Waals surface area contributed by atoms with Crippen LogP contribution in [0.1, 0.15) is 44.8 Å². The third kappa shape index (κ3) is 2.58. The molecule has 0 saturated heterocycles. The molecular weight excluding hydrogens is 174 g/mol. The Bertz CT molecular complexity index is 255. The van der Waals surface area contributed by atoms with Crippen LogP contribution in [0, 0.1) is 0 Å². The highest BCUT2D eigenvalue weighted by atomic mass is 15.1. The molecule has 1 unspecified atom stereocenters. The first-order chi connectivity index (χ1) is 6.83. The largest absolute Gasteiger partial charge is 0.332 e. The van der Waals surface area contributed by atoms with Crippen molar-refractivity contribution >= 4 is 0 Å². The SMILES string of the molecule is CCCC(CC)n1cncc1CCN. The number of nitrogens with two attached hydrogens (primary N) is 1. The van der Waals surface area contributed by atoms with Crippen LogP contribution >= 0.6 is 0 Å². The second-order valence-electron chi connectivity index (χ2n) is 3.68. The monoisotopic (exact) mass is 195 g/mol. The van der Waals surface area contributed by atoms with Crippen LogP contribution in [0.5, 0.6) is 0 Å². The van der Waals surface area contributed by atoms with Crippen molar-refractivity contribution in [1.29, 1.82) is 0 Å². The Morgan fingerprint density at radius 3 is 2.86 bits per heavy atom. The van der Waals surface area contributed by atoms with Crippen LogP contribution in [0.15, 0.2) is 12.5 Å². The summed E-state index contributed by atoms with van der Waals surface area (Å²) in [5.74, 6) is 0. The lowest BCUT2D eigenvalue weighted by atomic mass is 10.1. The molecule has 0 aromatic carbocycles. The Kier molecular flexibility index (Phi) is 4.66. The Morgan fingerprint density at radius 2 is 2.29 bits per heavy atom. The van der Waals surface area contributed by atoms with Gasteiger partial charge in [-0.2, -0.15) is 0 Å². The zero-order chi connectivity index (χ0) is 10.4. The minimum atomic E-state index is 0.601. The van der Waals surface area contributed by atoms with Crippen molar-refractivity contribution in [2.45, 2.75) is 45.6 Å². The molecule has 1 rings (SSSR count). The summed E-state index contributed by atoms with van der Waals surface area (Å²) in [6.45, 7) is 5.16. The summed E-state index contributed by atoms with van der Waals surface area (Å²) in [5.41, 5.74) is 6.83. The molecule has 1 aromatic heterocycles. The van der Waals surface area contributed by atoms with Gasteiger partial charge in [-0.3, -0.25) is 0 Å². The van der Waals surface area contributed by atoms with Crippen molar-refractivity contribution < 1.29 is 0 Å². The van der Waals surface area contributed by atoms with E-state index < -0.39 is 0 Å². The molecule has 0 fully saturated rings. The first kappa shape index (κ1) is 11.2. The van der Waals surface area contributed by atoms with Gasteiger partial charge in [0.1, 0.15) is 0 Å². The number of nitrogens with zero attached hydrogens (tertiary/aromatic N) is 2. The van der Waals surface area contributed by atoms with Crippen LogP contribution < -0.4 is 5.73 Å². The minimum Gasteiger partial charge on any atom is -0.332 e. The fraction of sp³-hybridized carbons (Fsp3) is 0.727. The Labute approximate surface area is 86.3 Å². The van der Waals surface area contributed by atoms with E-state index in [1.807, 2.05) is 12.5 Å². The molecule has 0 aliphatic heterocycles. The number of hydrogen-bond donors (Lipinski definition) is 1. The topological polar surface area (TPSA) is 43.8 Å². The van der Waals surface area contributed by atoms with Crippen molar-refractivity contribution in [1.82, 2.24) is 9.55 Å². The van der Waals surface area contributed by atoms with Crippen molar-refractivity contribution in [3.05, 3.63) is 18.2 Å². The lowest BCUT2D eigenvalue weighted by Crippen LogP contribution is -2.13. The van der Waals surface area contributed by atoms with Crippen molar-refractivity contribution in [2.24, 2.45) is 5.73 Å². The predicted octanol–water partition coefficient (Wildman–Crippen LogP) is 2.14. The number of hydrogen-bond acceptors (Lipinski definition) is 2. The van der Waals surface area contributed by atoms with Crippen LogP contribution in [0.3, 0.4) is 0 Å². The fourth-order valence-corrected chi connectivity index (χ4v) is 1.88. The first-order valence-corrected chi connectivity index (χ1v) is 5.54. The Hall–Kier alpha value is -0.830. The number of aromatic nitrogens is 2. The Morgan fingerprint density at radius 1 is 1.50 bits per heavy atom. The standard InChI is InChI=1S/C11H21N3/c1-3-5-10(4-2)14-9-13-8-11(14)6-7-12/h8-10H,3-7,12H2,1-2H3. The normalized spacial score (nSPS) is 13.1. The first-order valence-electron chi connectivity index (χ1n) is 5.54. The second-order valence-corrected chi connectivity index (χ2v) is 3.68. The molecule has 0 aliphatic carbocycles. The van der Waals surface area contributed by atoms with E-state index in [-0.39, 0.29) is 0 Å². The van der Waals surface area contributed by atoms with E-state index in [9.17, 15) is 0 Å². The molecule has 1 atom stereocenters. The van der Waals surface area contributed by atoms with E-state index in [2.05, 4.69) is 23.4 Å². The van der Waals surface area contributed by atoms with Gasteiger partial charge in [-0.1, -0.05) is 20.3 Å². The van der Waals surface area contributed by atoms with Gasteiger partial charge in [0.15, 0.2) is 0 Å². The minimum absolute atomic E-state index is 0.601. The maximum atomic E-state index is 5.56. The van der Waals surface area contributed by atoms with Crippen LogP contribution in [0.25, 0.3) is 0 Å². The van der Waals surface area contributed by atoms with Gasteiger partial charge in [0.05, 0.1) is 6.33 Å². The molecule has 80 valence electrons. The predicted molar refractivity (Wildman–Crippen MR) is 59.2 cm³/mol. The van der Waals surface area contributed by atoms with Gasteiger partial charge in [-0.15, -0.1) is 0 Å². The van der Waals surface area contributed by atoms with Gasteiger partial charge in [-0.25, -0.2) is 4.98 Å². The van der Waals surface area contributed by atoms with Crippen molar-refractivity contribution in [2.75, 3.05) is 6.54 Å². The Balaban J connectivity index is 2.74. The summed E-state index contributed by atoms with van der Waals surface area (Å²) in [5, 5.41) is 0. The van der Waals surface area contributed by atoms with E-state index in [1.165, 1.54) is 25.0 Å². The smallest absolute Gasteiger partial charge is 0.0950 e. The fourth-order valence-electron chi connectivity index (χ4n) is 1.88. The molecule has 0 amide bonds. The van der Waals surface area contributed by atoms with E-state index in [0.29, 0.717) is 12.6 Å². The summed E-state index contributed by atoms with van der Waals surface area (Å²) >= 11 is 0. The maximum Gasteiger partial charge on any atom is 0.0950 e. The molecule has 14 heavy (non-hydrogen) atoms. The highest BCUT2D eigenvalue weighted by Gasteiger charge is 2.10. The zero-order valence-electron chi connectivity index (χ0n) is 9.24. The summed E-state index contributed by atoms with van der Waals surface area (Å²) < 4.78 is 2.29. The summed E-state index contributed by atoms with van der Waals surface area (Å²) in [7, 11) is 0. The van der Waals surface area contributed by atoms with Gasteiger partial charge >= 0.3 is 0 Å². The molecule has 3 nitrogen and oxygen atoms in total. The summed E-state index contributed by atoms with van der Waals surface area (Å²) in [6, 6.07) is 0.601. The quantitative estimate of drug-likeness (QED) is 0.755. The molecule has 0 bridgehead atoms. The van der Waals surface area contributed by atoms with Gasteiger partial charge in [0, 0.05) is 24.4 Å². The van der Waals surface area contributed by atoms with Crippen LogP contribution in [0.4, 0.5) is 0 Å². The highest BCUT2D eigenvalue weighted by molar-refractivity contribution is 5.01. The highest BCUT2D eigenvalue weighted by Crippen LogP contribution is 2.19. The average Bonchev–Trinajstić information content (AvgIpc) is 2.63. The van der Waals surface area contributed by atoms with Gasteiger partial charge in [-0.05, 0) is 19.4 Å². The molecule has 1 heterocycles. The molecule has 3 heteroatoms. The van der Waals surface area contributed by atoms with E-state index in [4.69, 9.17) is 5.73 Å². The molecular formula is C11H21N3. The molecule has 0 spiro atoms. The van der Waals surface area contributed by atoms with Gasteiger partial charge < -0.3 is 10.3 Å². The molecule has 0 radical (unpaired) electrons. The zero-order valence-corrected chi connectivity index (χ0v) is 9.24. The van der Waals surface area contributed by atoms with E-state index in [0.717, 1.165) is 6.42 Å². The molecule has 0 aliphatic rings. The van der Waals surface area contributed by atoms with Gasteiger partial charge in [0.2, 0.25) is 0 Å². The van der Waals surface area contributed by atoms with Crippen molar-refractivity contribution in [3.8, 4) is 0 Å². The molecule has 2 N–H and O–H groups in total. The molecule has 1 aromatic rings. The van der Waals surface area contributed by atoms with Crippen LogP contribution in [0.2, 0.25) is 0 Å². The average molecular weight is 195 g/mol. The lowest BCUT2D eigenvalue weighted by molar-refractivity contribution is 0.435. The second kappa shape index (κ2) is 5.81. The summed E-state index contributed by atoms with van der Waals surface area (Å²) in [4.78, 5) is 4.20. The number of rotatable bonds is 6. The lowest BCUT2D eigenvalue weighted by Gasteiger charge is -2.18. The number of imidazole rings is 1. The van der Waals surface area contributed by atoms with Crippen LogP contribution in [-0.4, -0.2) is 16.1 Å². The van der Waals surface area contributed by atoms with Gasteiger partial charge in [0.25, 0.3) is 0 Å². The molecule has 0 saturated carbocycles. The third-order valence-corrected chi connectivity index (χ3v) is 2.63. The third-order valence-electron chi connectivity index (χ3n) is 2.63. The van der Waals surface area contributed by atoms with E-state index in [1.54, 1.807) is 0 Å². The van der Waals surface area contributed by atoms with Crippen molar-refractivity contribution in [3.63, 3.8) is 0 Å². The maximum absolute atomic E-state index is 5.56. The van der Waals surface area contributed by atoms with Crippen LogP contribution in [-0.2, 0) is 6.42 Å².